The minimum Gasteiger partial charge on any atom is -0.396 e. The van der Waals surface area contributed by atoms with Gasteiger partial charge in [-0.25, -0.2) is 13.1 Å². The van der Waals surface area contributed by atoms with Crippen LogP contribution < -0.4 is 15.9 Å². The predicted molar refractivity (Wildman–Crippen MR) is 145 cm³/mol. The summed E-state index contributed by atoms with van der Waals surface area (Å²) in [5.74, 6) is -0.0353. The van der Waals surface area contributed by atoms with Crippen molar-refractivity contribution in [2.24, 2.45) is 12.2 Å². The molecule has 1 saturated carbocycles. The number of sulfonamides is 1. The lowest BCUT2D eigenvalue weighted by Crippen LogP contribution is -2.39. The molecule has 13 heteroatoms. The number of aryl methyl sites for hydroxylation is 1. The van der Waals surface area contributed by atoms with Gasteiger partial charge in [0.25, 0.3) is 5.56 Å². The molecular formula is C26H33N7O5S. The third-order valence-electron chi connectivity index (χ3n) is 7.35. The van der Waals surface area contributed by atoms with Gasteiger partial charge in [0, 0.05) is 49.4 Å². The minimum atomic E-state index is -3.92. The normalized spacial score (nSPS) is 19.3. The Morgan fingerprint density at radius 1 is 1.33 bits per heavy atom. The van der Waals surface area contributed by atoms with Crippen molar-refractivity contribution in [2.45, 2.75) is 63.1 Å². The molecule has 0 saturated heterocycles. The van der Waals surface area contributed by atoms with E-state index in [0.717, 1.165) is 24.0 Å². The van der Waals surface area contributed by atoms with Gasteiger partial charge in [-0.3, -0.25) is 18.8 Å². The molecule has 39 heavy (non-hydrogen) atoms. The van der Waals surface area contributed by atoms with E-state index in [1.807, 2.05) is 19.9 Å². The summed E-state index contributed by atoms with van der Waals surface area (Å²) in [5.41, 5.74) is 1.89. The van der Waals surface area contributed by atoms with Crippen LogP contribution in [0.4, 0.5) is 0 Å². The first kappa shape index (κ1) is 26.9. The number of nitrogens with one attached hydrogen (secondary N) is 2. The van der Waals surface area contributed by atoms with E-state index in [2.05, 4.69) is 20.0 Å². The van der Waals surface area contributed by atoms with E-state index in [-0.39, 0.29) is 34.4 Å². The summed E-state index contributed by atoms with van der Waals surface area (Å²) in [6.45, 7) is 5.93. The lowest BCUT2D eigenvalue weighted by molar-refractivity contribution is -0.130. The van der Waals surface area contributed by atoms with E-state index in [0.29, 0.717) is 24.0 Å². The van der Waals surface area contributed by atoms with E-state index in [1.54, 1.807) is 35.1 Å². The topological polar surface area (TPSA) is 144 Å². The number of aromatic nitrogens is 4. The van der Waals surface area contributed by atoms with Crippen LogP contribution in [0.15, 0.2) is 45.4 Å². The maximum absolute atomic E-state index is 14.0. The third kappa shape index (κ3) is 5.28. The van der Waals surface area contributed by atoms with Gasteiger partial charge < -0.3 is 14.7 Å². The van der Waals surface area contributed by atoms with Crippen molar-refractivity contribution < 1.29 is 18.0 Å². The lowest BCUT2D eigenvalue weighted by Gasteiger charge is -2.32. The number of amides is 1. The van der Waals surface area contributed by atoms with Crippen molar-refractivity contribution in [3.8, 4) is 0 Å². The molecule has 0 radical (unpaired) electrons. The van der Waals surface area contributed by atoms with Gasteiger partial charge in [0.05, 0.1) is 28.5 Å². The Morgan fingerprint density at radius 2 is 2.08 bits per heavy atom. The van der Waals surface area contributed by atoms with Gasteiger partial charge in [-0.2, -0.15) is 5.10 Å². The molecule has 1 aliphatic heterocycles. The Labute approximate surface area is 226 Å². The van der Waals surface area contributed by atoms with Gasteiger partial charge in [-0.1, -0.05) is 6.08 Å². The third-order valence-corrected chi connectivity index (χ3v) is 8.97. The number of H-pyrrole nitrogens is 1. The molecule has 1 atom stereocenters. The number of fused-ring (bicyclic) bond motifs is 1. The van der Waals surface area contributed by atoms with E-state index >= 15 is 0 Å². The average Bonchev–Trinajstić information content (AvgIpc) is 3.43. The zero-order valence-corrected chi connectivity index (χ0v) is 23.5. The quantitative estimate of drug-likeness (QED) is 0.422. The molecule has 12 nitrogen and oxygen atoms in total. The van der Waals surface area contributed by atoms with Crippen LogP contribution in [0.5, 0.6) is 0 Å². The molecule has 0 spiro atoms. The van der Waals surface area contributed by atoms with Crippen LogP contribution in [0.3, 0.4) is 0 Å². The van der Waals surface area contributed by atoms with Crippen LogP contribution in [0.25, 0.3) is 16.5 Å². The molecule has 2 N–H and O–H groups in total. The van der Waals surface area contributed by atoms with Crippen LogP contribution in [-0.4, -0.2) is 63.8 Å². The Morgan fingerprint density at radius 3 is 2.67 bits per heavy atom. The molecule has 2 aromatic heterocycles. The van der Waals surface area contributed by atoms with Crippen LogP contribution in [0.1, 0.15) is 51.2 Å². The maximum atomic E-state index is 14.0. The summed E-state index contributed by atoms with van der Waals surface area (Å²) >= 11 is 0. The Kier molecular flexibility index (Phi) is 6.75. The highest BCUT2D eigenvalue weighted by atomic mass is 32.2. The van der Waals surface area contributed by atoms with Crippen LogP contribution in [-0.2, 0) is 33.2 Å². The minimum absolute atomic E-state index is 0.00975. The van der Waals surface area contributed by atoms with Crippen LogP contribution >= 0.6 is 0 Å². The molecular weight excluding hydrogens is 522 g/mol. The first-order chi connectivity index (χ1) is 18.4. The van der Waals surface area contributed by atoms with Crippen molar-refractivity contribution in [1.82, 2.24) is 29.0 Å². The molecule has 1 amide bonds. The summed E-state index contributed by atoms with van der Waals surface area (Å²) < 4.78 is 32.8. The second kappa shape index (κ2) is 9.79. The summed E-state index contributed by atoms with van der Waals surface area (Å²) in [6.07, 6.45) is 7.38. The highest BCUT2D eigenvalue weighted by Crippen LogP contribution is 2.37. The Bertz CT molecular complexity index is 1730. The van der Waals surface area contributed by atoms with Gasteiger partial charge in [0.2, 0.25) is 21.5 Å². The largest absolute Gasteiger partial charge is 0.396 e. The molecule has 3 heterocycles. The van der Waals surface area contributed by atoms with Gasteiger partial charge in [0.1, 0.15) is 7.11 Å². The van der Waals surface area contributed by atoms with Gasteiger partial charge in [-0.05, 0) is 56.0 Å². The summed E-state index contributed by atoms with van der Waals surface area (Å²) in [6, 6.07) is 2.81. The number of aromatic amines is 1. The van der Waals surface area contributed by atoms with E-state index in [9.17, 15) is 18.0 Å². The van der Waals surface area contributed by atoms with Crippen molar-refractivity contribution >= 4 is 32.4 Å². The molecule has 0 unspecified atom stereocenters. The number of rotatable bonds is 7. The van der Waals surface area contributed by atoms with Crippen molar-refractivity contribution in [3.63, 3.8) is 0 Å². The van der Waals surface area contributed by atoms with Gasteiger partial charge >= 0.3 is 0 Å². The zero-order chi connectivity index (χ0) is 28.1. The van der Waals surface area contributed by atoms with Crippen molar-refractivity contribution in [3.05, 3.63) is 57.7 Å². The second-order valence-corrected chi connectivity index (χ2v) is 12.3. The number of hydrogen-bond donors (Lipinski definition) is 2. The molecule has 2 aliphatic rings. The SMILES string of the molecule is CO/N=c1\[nH]c2c(C3=C[C@@H](C)N(C(C)=O)CC3)cc(S(=O)(=O)NC3(C)CC3)cc2c(=O)n1Cc1cnn(C)c1. The number of hydrogen-bond acceptors (Lipinski definition) is 7. The number of nitrogens with zero attached hydrogens (tertiary/aromatic N) is 5. The smallest absolute Gasteiger partial charge is 0.263 e. The Hall–Kier alpha value is -3.71. The molecule has 1 aliphatic carbocycles. The van der Waals surface area contributed by atoms with Gasteiger partial charge in [-0.15, -0.1) is 0 Å². The first-order valence-corrected chi connectivity index (χ1v) is 14.3. The highest BCUT2D eigenvalue weighted by molar-refractivity contribution is 7.89. The summed E-state index contributed by atoms with van der Waals surface area (Å²) in [5, 5.41) is 8.44. The van der Waals surface area contributed by atoms with E-state index in [1.165, 1.54) is 24.7 Å². The summed E-state index contributed by atoms with van der Waals surface area (Å²) in [4.78, 5) is 36.1. The number of carbonyl (C=O) groups excluding carboxylic acids is 1. The van der Waals surface area contributed by atoms with E-state index < -0.39 is 21.1 Å². The fraction of sp³-hybridized carbons (Fsp3) is 0.462. The molecule has 0 bridgehead atoms. The zero-order valence-electron chi connectivity index (χ0n) is 22.7. The standard InChI is InChI=1S/C26H33N7O5S/c1-16-10-19(6-9-32(16)17(2)34)21-11-20(39(36,37)30-26(3)7-8-26)12-22-23(21)28-25(29-38-5)33(24(22)35)15-18-13-27-31(4)14-18/h10-14,16,30H,6-9,15H2,1-5H3,(H,28,29)/t16-/m1/s1. The second-order valence-electron chi connectivity index (χ2n) is 10.6. The van der Waals surface area contributed by atoms with Gasteiger partial charge in [0.15, 0.2) is 0 Å². The fourth-order valence-electron chi connectivity index (χ4n) is 5.04. The maximum Gasteiger partial charge on any atom is 0.263 e. The van der Waals surface area contributed by atoms with Crippen molar-refractivity contribution in [2.75, 3.05) is 13.7 Å². The molecule has 208 valence electrons. The lowest BCUT2D eigenvalue weighted by atomic mass is 9.94. The number of benzene rings is 1. The Balaban J connectivity index is 1.76. The van der Waals surface area contributed by atoms with E-state index in [4.69, 9.17) is 4.84 Å². The molecule has 1 fully saturated rings. The molecule has 3 aromatic rings. The predicted octanol–water partition coefficient (Wildman–Crippen LogP) is 1.43. The van der Waals surface area contributed by atoms with Crippen molar-refractivity contribution in [1.29, 1.82) is 0 Å². The monoisotopic (exact) mass is 555 g/mol. The fourth-order valence-corrected chi connectivity index (χ4v) is 6.56. The first-order valence-electron chi connectivity index (χ1n) is 12.8. The van der Waals surface area contributed by atoms with Crippen LogP contribution in [0.2, 0.25) is 0 Å². The average molecular weight is 556 g/mol. The molecule has 1 aromatic carbocycles. The van der Waals surface area contributed by atoms with Crippen LogP contribution in [0, 0.1) is 0 Å². The summed E-state index contributed by atoms with van der Waals surface area (Å²) in [7, 11) is -0.748. The highest BCUT2D eigenvalue weighted by Gasteiger charge is 2.41. The number of carbonyl (C=O) groups is 1. The molecule has 5 rings (SSSR count).